The second kappa shape index (κ2) is 6.03. The summed E-state index contributed by atoms with van der Waals surface area (Å²) in [4.78, 5) is 13.6. The Bertz CT molecular complexity index is 385. The summed E-state index contributed by atoms with van der Waals surface area (Å²) >= 11 is 3.44. The lowest BCUT2D eigenvalue weighted by Gasteiger charge is -2.15. The van der Waals surface area contributed by atoms with Gasteiger partial charge in [-0.15, -0.1) is 0 Å². The third-order valence-electron chi connectivity index (χ3n) is 2.60. The van der Waals surface area contributed by atoms with Gasteiger partial charge in [0.25, 0.3) is 5.56 Å². The van der Waals surface area contributed by atoms with Crippen molar-refractivity contribution in [3.63, 3.8) is 0 Å². The van der Waals surface area contributed by atoms with Gasteiger partial charge in [-0.25, -0.2) is 4.68 Å². The zero-order chi connectivity index (χ0) is 12.1. The summed E-state index contributed by atoms with van der Waals surface area (Å²) in [5.74, 6) is 0.454. The molecule has 0 aliphatic heterocycles. The van der Waals surface area contributed by atoms with Gasteiger partial charge >= 0.3 is 0 Å². The van der Waals surface area contributed by atoms with Crippen LogP contribution in [-0.4, -0.2) is 29.2 Å². The van der Waals surface area contributed by atoms with Crippen LogP contribution in [0.2, 0.25) is 0 Å². The second-order valence-corrected chi connectivity index (χ2v) is 4.70. The average molecular weight is 288 g/mol. The van der Waals surface area contributed by atoms with E-state index in [1.54, 1.807) is 12.3 Å². The molecule has 1 heterocycles. The highest BCUT2D eigenvalue weighted by Crippen LogP contribution is 2.09. The highest BCUT2D eigenvalue weighted by atomic mass is 79.9. The minimum absolute atomic E-state index is 0.0365. The standard InChI is InChI=1S/C11H18BrN3O/c1-4-9(6-12)8-15-11(16)5-10(7-13-15)14(2)3/h5,7,9H,4,6,8H2,1-3H3. The van der Waals surface area contributed by atoms with Gasteiger partial charge in [0, 0.05) is 32.0 Å². The summed E-state index contributed by atoms with van der Waals surface area (Å²) in [6.07, 6.45) is 2.76. The van der Waals surface area contributed by atoms with Crippen LogP contribution in [0.1, 0.15) is 13.3 Å². The maximum absolute atomic E-state index is 11.8. The molecule has 0 N–H and O–H groups in total. The molecular formula is C11H18BrN3O. The average Bonchev–Trinajstić information content (AvgIpc) is 2.27. The molecule has 0 spiro atoms. The Labute approximate surface area is 104 Å². The van der Waals surface area contributed by atoms with Gasteiger partial charge in [-0.2, -0.15) is 5.10 Å². The van der Waals surface area contributed by atoms with Crippen LogP contribution < -0.4 is 10.5 Å². The predicted octanol–water partition coefficient (Wildman–Crippen LogP) is 1.73. The third kappa shape index (κ3) is 3.33. The summed E-state index contributed by atoms with van der Waals surface area (Å²) in [5, 5.41) is 5.07. The van der Waals surface area contributed by atoms with Crippen molar-refractivity contribution >= 4 is 21.6 Å². The molecule has 1 aromatic heterocycles. The number of hydrogen-bond donors (Lipinski definition) is 0. The first-order valence-electron chi connectivity index (χ1n) is 5.39. The summed E-state index contributed by atoms with van der Waals surface area (Å²) in [6.45, 7) is 2.79. The molecule has 16 heavy (non-hydrogen) atoms. The fourth-order valence-electron chi connectivity index (χ4n) is 1.34. The Morgan fingerprint density at radius 2 is 2.25 bits per heavy atom. The number of hydrogen-bond acceptors (Lipinski definition) is 3. The van der Waals surface area contributed by atoms with Crippen LogP contribution in [0.4, 0.5) is 5.69 Å². The molecule has 0 aliphatic carbocycles. The lowest BCUT2D eigenvalue weighted by Crippen LogP contribution is -2.27. The molecule has 1 rings (SSSR count). The van der Waals surface area contributed by atoms with E-state index < -0.39 is 0 Å². The van der Waals surface area contributed by atoms with Crippen LogP contribution in [0, 0.1) is 5.92 Å². The highest BCUT2D eigenvalue weighted by Gasteiger charge is 2.08. The van der Waals surface area contributed by atoms with Crippen molar-refractivity contribution in [3.05, 3.63) is 22.6 Å². The fourth-order valence-corrected chi connectivity index (χ4v) is 2.00. The number of aromatic nitrogens is 2. The molecule has 0 fully saturated rings. The summed E-state index contributed by atoms with van der Waals surface area (Å²) in [7, 11) is 3.79. The first-order valence-corrected chi connectivity index (χ1v) is 6.51. The summed E-state index contributed by atoms with van der Waals surface area (Å²) < 4.78 is 1.53. The van der Waals surface area contributed by atoms with E-state index in [9.17, 15) is 4.79 Å². The quantitative estimate of drug-likeness (QED) is 0.774. The molecule has 0 bridgehead atoms. The number of nitrogens with zero attached hydrogens (tertiary/aromatic N) is 3. The molecule has 0 aromatic carbocycles. The second-order valence-electron chi connectivity index (χ2n) is 4.06. The van der Waals surface area contributed by atoms with Gasteiger partial charge in [0.2, 0.25) is 0 Å². The Balaban J connectivity index is 2.87. The third-order valence-corrected chi connectivity index (χ3v) is 3.51. The van der Waals surface area contributed by atoms with Crippen LogP contribution in [-0.2, 0) is 6.54 Å². The maximum Gasteiger partial charge on any atom is 0.268 e. The first-order chi connectivity index (χ1) is 7.58. The van der Waals surface area contributed by atoms with Gasteiger partial charge in [0.05, 0.1) is 11.9 Å². The lowest BCUT2D eigenvalue weighted by atomic mass is 10.1. The minimum atomic E-state index is -0.0365. The molecule has 4 nitrogen and oxygen atoms in total. The van der Waals surface area contributed by atoms with Crippen molar-refractivity contribution in [2.24, 2.45) is 5.92 Å². The molecule has 1 unspecified atom stereocenters. The van der Waals surface area contributed by atoms with Crippen molar-refractivity contribution in [1.82, 2.24) is 9.78 Å². The zero-order valence-corrected chi connectivity index (χ0v) is 11.6. The van der Waals surface area contributed by atoms with Gasteiger partial charge in [-0.05, 0) is 5.92 Å². The van der Waals surface area contributed by atoms with Crippen molar-refractivity contribution in [2.45, 2.75) is 19.9 Å². The topological polar surface area (TPSA) is 38.1 Å². The van der Waals surface area contributed by atoms with Crippen molar-refractivity contribution in [3.8, 4) is 0 Å². The first kappa shape index (κ1) is 13.2. The minimum Gasteiger partial charge on any atom is -0.376 e. The van der Waals surface area contributed by atoms with E-state index in [-0.39, 0.29) is 5.56 Å². The predicted molar refractivity (Wildman–Crippen MR) is 70.4 cm³/mol. The lowest BCUT2D eigenvalue weighted by molar-refractivity contribution is 0.432. The molecular weight excluding hydrogens is 270 g/mol. The van der Waals surface area contributed by atoms with Gasteiger partial charge in [0.15, 0.2) is 0 Å². The van der Waals surface area contributed by atoms with Crippen molar-refractivity contribution in [2.75, 3.05) is 24.3 Å². The molecule has 5 heteroatoms. The van der Waals surface area contributed by atoms with E-state index in [0.29, 0.717) is 12.5 Å². The molecule has 1 atom stereocenters. The Hall–Kier alpha value is -0.840. The SMILES string of the molecule is CCC(CBr)Cn1ncc(N(C)C)cc1=O. The smallest absolute Gasteiger partial charge is 0.268 e. The van der Waals surface area contributed by atoms with Crippen LogP contribution in [0.5, 0.6) is 0 Å². The molecule has 0 saturated carbocycles. The Kier molecular flexibility index (Phi) is 4.99. The number of rotatable bonds is 5. The number of anilines is 1. The van der Waals surface area contributed by atoms with E-state index >= 15 is 0 Å². The normalized spacial score (nSPS) is 12.5. The van der Waals surface area contributed by atoms with E-state index in [4.69, 9.17) is 0 Å². The van der Waals surface area contributed by atoms with Crippen LogP contribution in [0.15, 0.2) is 17.1 Å². The van der Waals surface area contributed by atoms with E-state index in [2.05, 4.69) is 28.0 Å². The summed E-state index contributed by atoms with van der Waals surface area (Å²) in [6, 6.07) is 1.62. The zero-order valence-electron chi connectivity index (χ0n) is 9.98. The highest BCUT2D eigenvalue weighted by molar-refractivity contribution is 9.09. The monoisotopic (exact) mass is 287 g/mol. The molecule has 0 amide bonds. The van der Waals surface area contributed by atoms with E-state index in [0.717, 1.165) is 17.4 Å². The molecule has 0 aliphatic rings. The fraction of sp³-hybridized carbons (Fsp3) is 0.636. The van der Waals surface area contributed by atoms with Gasteiger partial charge in [-0.3, -0.25) is 4.79 Å². The van der Waals surface area contributed by atoms with E-state index in [1.807, 2.05) is 19.0 Å². The van der Waals surface area contributed by atoms with Gasteiger partial charge in [0.1, 0.15) is 0 Å². The number of halogens is 1. The largest absolute Gasteiger partial charge is 0.376 e. The van der Waals surface area contributed by atoms with Gasteiger partial charge in [-0.1, -0.05) is 29.3 Å². The molecule has 0 radical (unpaired) electrons. The van der Waals surface area contributed by atoms with Crippen LogP contribution in [0.3, 0.4) is 0 Å². The molecule has 0 saturated heterocycles. The maximum atomic E-state index is 11.8. The molecule has 90 valence electrons. The Morgan fingerprint density at radius 3 is 2.69 bits per heavy atom. The number of alkyl halides is 1. The summed E-state index contributed by atoms with van der Waals surface area (Å²) in [5.41, 5.74) is 0.804. The van der Waals surface area contributed by atoms with E-state index in [1.165, 1.54) is 4.68 Å². The van der Waals surface area contributed by atoms with Gasteiger partial charge < -0.3 is 4.90 Å². The van der Waals surface area contributed by atoms with Crippen LogP contribution >= 0.6 is 15.9 Å². The van der Waals surface area contributed by atoms with Crippen molar-refractivity contribution < 1.29 is 0 Å². The molecule has 1 aromatic rings. The van der Waals surface area contributed by atoms with Crippen molar-refractivity contribution in [1.29, 1.82) is 0 Å². The van der Waals surface area contributed by atoms with Crippen LogP contribution in [0.25, 0.3) is 0 Å². The Morgan fingerprint density at radius 1 is 1.56 bits per heavy atom.